The van der Waals surface area contributed by atoms with Crippen molar-refractivity contribution in [2.24, 2.45) is 0 Å². The molecule has 100 valence electrons. The van der Waals surface area contributed by atoms with Crippen LogP contribution < -0.4 is 0 Å². The maximum Gasteiger partial charge on any atom is 0.115 e. The zero-order valence-corrected chi connectivity index (χ0v) is 11.3. The van der Waals surface area contributed by atoms with Gasteiger partial charge in [-0.3, -0.25) is 0 Å². The summed E-state index contributed by atoms with van der Waals surface area (Å²) in [5, 5.41) is 17.6. The maximum atomic E-state index is 8.98. The summed E-state index contributed by atoms with van der Waals surface area (Å²) >= 11 is 0. The van der Waals surface area contributed by atoms with E-state index in [1.54, 1.807) is 37.3 Å². The minimum atomic E-state index is -0.369. The van der Waals surface area contributed by atoms with Crippen molar-refractivity contribution in [3.8, 4) is 5.75 Å². The Morgan fingerprint density at radius 2 is 1.53 bits per heavy atom. The second-order valence-electron chi connectivity index (χ2n) is 4.35. The number of aliphatic hydroxyl groups is 1. The van der Waals surface area contributed by atoms with Crippen molar-refractivity contribution >= 4 is 6.08 Å². The first-order valence-electron chi connectivity index (χ1n) is 6.25. The number of benzene rings is 2. The van der Waals surface area contributed by atoms with Crippen molar-refractivity contribution in [3.05, 3.63) is 71.8 Å². The number of phenols is 1. The molecule has 0 bridgehead atoms. The van der Waals surface area contributed by atoms with Gasteiger partial charge in [-0.05, 0) is 31.5 Å². The molecule has 0 amide bonds. The topological polar surface area (TPSA) is 40.5 Å². The number of aromatic hydroxyl groups is 1. The Hall–Kier alpha value is -2.06. The van der Waals surface area contributed by atoms with Crippen LogP contribution in [0.25, 0.3) is 6.08 Å². The van der Waals surface area contributed by atoms with Crippen LogP contribution in [0.3, 0.4) is 0 Å². The van der Waals surface area contributed by atoms with Crippen LogP contribution in [0.2, 0.25) is 0 Å². The number of hydrogen-bond donors (Lipinski definition) is 2. The molecule has 1 atom stereocenters. The number of phenolic OH excluding ortho intramolecular Hbond substituents is 1. The van der Waals surface area contributed by atoms with E-state index in [1.807, 2.05) is 24.3 Å². The zero-order chi connectivity index (χ0) is 14.1. The van der Waals surface area contributed by atoms with Gasteiger partial charge in [0.25, 0.3) is 0 Å². The smallest absolute Gasteiger partial charge is 0.115 e. The van der Waals surface area contributed by atoms with E-state index in [1.165, 1.54) is 5.56 Å². The van der Waals surface area contributed by atoms with Crippen LogP contribution in [0, 0.1) is 6.92 Å². The van der Waals surface area contributed by atoms with E-state index in [0.29, 0.717) is 5.75 Å². The highest BCUT2D eigenvalue weighted by atomic mass is 16.3. The highest BCUT2D eigenvalue weighted by molar-refractivity contribution is 5.49. The van der Waals surface area contributed by atoms with Gasteiger partial charge in [-0.1, -0.05) is 60.2 Å². The lowest BCUT2D eigenvalue weighted by Crippen LogP contribution is -1.91. The van der Waals surface area contributed by atoms with Crippen molar-refractivity contribution in [2.45, 2.75) is 20.0 Å². The molecule has 0 aromatic heterocycles. The van der Waals surface area contributed by atoms with Gasteiger partial charge in [-0.2, -0.15) is 0 Å². The number of aryl methyl sites for hydroxylation is 1. The van der Waals surface area contributed by atoms with Gasteiger partial charge in [0.2, 0.25) is 0 Å². The van der Waals surface area contributed by atoms with E-state index in [4.69, 9.17) is 10.2 Å². The third kappa shape index (κ3) is 7.06. The molecule has 2 aromatic rings. The van der Waals surface area contributed by atoms with E-state index >= 15 is 0 Å². The van der Waals surface area contributed by atoms with Crippen LogP contribution in [0.4, 0.5) is 0 Å². The van der Waals surface area contributed by atoms with Gasteiger partial charge in [0.05, 0.1) is 6.10 Å². The minimum absolute atomic E-state index is 0.322. The van der Waals surface area contributed by atoms with Crippen LogP contribution in [0.5, 0.6) is 5.75 Å². The molecule has 2 rings (SSSR count). The fourth-order valence-corrected chi connectivity index (χ4v) is 1.36. The van der Waals surface area contributed by atoms with E-state index in [9.17, 15) is 0 Å². The Morgan fingerprint density at radius 3 is 1.95 bits per heavy atom. The molecular weight excluding hydrogens is 236 g/mol. The van der Waals surface area contributed by atoms with Crippen molar-refractivity contribution in [3.63, 3.8) is 0 Å². The van der Waals surface area contributed by atoms with Crippen LogP contribution in [-0.2, 0) is 0 Å². The SMILES string of the molecule is Cc1ccc(/C=C/C(C)O)cc1.Oc1ccccc1. The van der Waals surface area contributed by atoms with Crippen LogP contribution in [0.1, 0.15) is 18.1 Å². The molecule has 0 aliphatic heterocycles. The molecule has 0 aliphatic carbocycles. The lowest BCUT2D eigenvalue weighted by atomic mass is 10.1. The van der Waals surface area contributed by atoms with E-state index in [2.05, 4.69) is 19.1 Å². The molecule has 0 spiro atoms. The Balaban J connectivity index is 0.000000218. The third-order valence-corrected chi connectivity index (χ3v) is 2.40. The lowest BCUT2D eigenvalue weighted by Gasteiger charge is -1.96. The Labute approximate surface area is 114 Å². The summed E-state index contributed by atoms with van der Waals surface area (Å²) < 4.78 is 0. The number of aliphatic hydroxyl groups excluding tert-OH is 1. The molecule has 2 nitrogen and oxygen atoms in total. The third-order valence-electron chi connectivity index (χ3n) is 2.40. The Bertz CT molecular complexity index is 484. The normalized spacial score (nSPS) is 11.7. The summed E-state index contributed by atoms with van der Waals surface area (Å²) in [6, 6.07) is 16.9. The molecular formula is C17H20O2. The lowest BCUT2D eigenvalue weighted by molar-refractivity contribution is 0.245. The van der Waals surface area contributed by atoms with Gasteiger partial charge in [-0.15, -0.1) is 0 Å². The van der Waals surface area contributed by atoms with E-state index in [-0.39, 0.29) is 6.10 Å². The zero-order valence-electron chi connectivity index (χ0n) is 11.3. The molecule has 2 aromatic carbocycles. The van der Waals surface area contributed by atoms with Crippen LogP contribution in [0.15, 0.2) is 60.7 Å². The first-order valence-corrected chi connectivity index (χ1v) is 6.25. The number of rotatable bonds is 2. The van der Waals surface area contributed by atoms with Gasteiger partial charge in [0.15, 0.2) is 0 Å². The van der Waals surface area contributed by atoms with Crippen molar-refractivity contribution in [1.82, 2.24) is 0 Å². The molecule has 2 N–H and O–H groups in total. The predicted octanol–water partition coefficient (Wildman–Crippen LogP) is 3.78. The fraction of sp³-hybridized carbons (Fsp3) is 0.176. The highest BCUT2D eigenvalue weighted by Gasteiger charge is 1.88. The fourth-order valence-electron chi connectivity index (χ4n) is 1.36. The summed E-state index contributed by atoms with van der Waals surface area (Å²) in [6.45, 7) is 3.80. The van der Waals surface area contributed by atoms with Gasteiger partial charge in [0, 0.05) is 0 Å². The van der Waals surface area contributed by atoms with Gasteiger partial charge < -0.3 is 10.2 Å². The summed E-state index contributed by atoms with van der Waals surface area (Å²) in [4.78, 5) is 0. The number of para-hydroxylation sites is 1. The molecule has 0 radical (unpaired) electrons. The molecule has 0 fully saturated rings. The van der Waals surface area contributed by atoms with Crippen molar-refractivity contribution in [2.75, 3.05) is 0 Å². The first kappa shape index (κ1) is 15.0. The summed E-state index contributed by atoms with van der Waals surface area (Å²) in [5.74, 6) is 0.322. The minimum Gasteiger partial charge on any atom is -0.508 e. The van der Waals surface area contributed by atoms with Crippen LogP contribution >= 0.6 is 0 Å². The monoisotopic (exact) mass is 256 g/mol. The molecule has 0 saturated heterocycles. The maximum absolute atomic E-state index is 8.98. The van der Waals surface area contributed by atoms with E-state index in [0.717, 1.165) is 5.56 Å². The average Bonchev–Trinajstić information content (AvgIpc) is 2.40. The Morgan fingerprint density at radius 1 is 0.947 bits per heavy atom. The average molecular weight is 256 g/mol. The summed E-state index contributed by atoms with van der Waals surface area (Å²) in [6.07, 6.45) is 3.32. The van der Waals surface area contributed by atoms with Crippen molar-refractivity contribution in [1.29, 1.82) is 0 Å². The second kappa shape index (κ2) is 8.11. The molecule has 1 unspecified atom stereocenters. The van der Waals surface area contributed by atoms with Gasteiger partial charge in [-0.25, -0.2) is 0 Å². The molecule has 2 heteroatoms. The first-order chi connectivity index (χ1) is 9.08. The molecule has 0 heterocycles. The Kier molecular flexibility index (Phi) is 6.41. The number of hydrogen-bond acceptors (Lipinski definition) is 2. The summed E-state index contributed by atoms with van der Waals surface area (Å²) in [5.41, 5.74) is 2.38. The standard InChI is InChI=1S/C11H14O.C6H6O/c1-9-3-6-11(7-4-9)8-5-10(2)12;7-6-4-2-1-3-5-6/h3-8,10,12H,1-2H3;1-5,7H/b8-5+;. The quantitative estimate of drug-likeness (QED) is 0.858. The highest BCUT2D eigenvalue weighted by Crippen LogP contribution is 2.05. The van der Waals surface area contributed by atoms with Gasteiger partial charge in [0.1, 0.15) is 5.75 Å². The van der Waals surface area contributed by atoms with Crippen molar-refractivity contribution < 1.29 is 10.2 Å². The predicted molar refractivity (Wildman–Crippen MR) is 80.0 cm³/mol. The summed E-state index contributed by atoms with van der Waals surface area (Å²) in [7, 11) is 0. The molecule has 19 heavy (non-hydrogen) atoms. The molecule has 0 aliphatic rings. The largest absolute Gasteiger partial charge is 0.508 e. The second-order valence-corrected chi connectivity index (χ2v) is 4.35. The molecule has 0 saturated carbocycles. The van der Waals surface area contributed by atoms with Gasteiger partial charge >= 0.3 is 0 Å². The van der Waals surface area contributed by atoms with E-state index < -0.39 is 0 Å². The van der Waals surface area contributed by atoms with Crippen LogP contribution in [-0.4, -0.2) is 16.3 Å².